The van der Waals surface area contributed by atoms with Crippen molar-refractivity contribution in [2.24, 2.45) is 0 Å². The summed E-state index contributed by atoms with van der Waals surface area (Å²) >= 11 is 16.2. The van der Waals surface area contributed by atoms with Crippen molar-refractivity contribution in [3.63, 3.8) is 0 Å². The van der Waals surface area contributed by atoms with E-state index in [-0.39, 0.29) is 22.4 Å². The summed E-state index contributed by atoms with van der Waals surface area (Å²) in [4.78, 5) is 39.6. The van der Waals surface area contributed by atoms with Crippen molar-refractivity contribution >= 4 is 74.1 Å². The second-order valence-electron chi connectivity index (χ2n) is 7.56. The summed E-state index contributed by atoms with van der Waals surface area (Å²) in [5.74, 6) is -0.484. The van der Waals surface area contributed by atoms with Gasteiger partial charge in [0.25, 0.3) is 11.1 Å². The molecule has 3 aromatic rings. The Labute approximate surface area is 230 Å². The fourth-order valence-corrected chi connectivity index (χ4v) is 5.09. The topological polar surface area (TPSA) is 72.9 Å². The third kappa shape index (κ3) is 6.13. The summed E-state index contributed by atoms with van der Waals surface area (Å²) in [6, 6.07) is 16.6. The molecule has 0 atom stereocenters. The normalized spacial score (nSPS) is 14.4. The maximum atomic E-state index is 13.0. The first-order valence-electron chi connectivity index (χ1n) is 10.7. The zero-order valence-corrected chi connectivity index (χ0v) is 22.7. The maximum Gasteiger partial charge on any atom is 0.343 e. The first-order valence-corrected chi connectivity index (χ1v) is 13.1. The number of hydrogen-bond acceptors (Lipinski definition) is 6. The highest BCUT2D eigenvalue weighted by molar-refractivity contribution is 9.10. The zero-order chi connectivity index (χ0) is 25.8. The number of rotatable bonds is 7. The number of benzene rings is 3. The van der Waals surface area contributed by atoms with Crippen molar-refractivity contribution < 1.29 is 23.9 Å². The van der Waals surface area contributed by atoms with Crippen LogP contribution in [0.4, 0.5) is 4.79 Å². The number of esters is 1. The fraction of sp³-hybridized carbons (Fsp3) is 0.115. The number of hydrogen-bond donors (Lipinski definition) is 0. The van der Waals surface area contributed by atoms with Crippen molar-refractivity contribution in [2.75, 3.05) is 6.61 Å². The third-order valence-corrected chi connectivity index (χ3v) is 6.99. The Hall–Kier alpha value is -2.78. The van der Waals surface area contributed by atoms with Crippen molar-refractivity contribution in [3.05, 3.63) is 96.8 Å². The highest BCUT2D eigenvalue weighted by atomic mass is 79.9. The van der Waals surface area contributed by atoms with Gasteiger partial charge in [0, 0.05) is 10.0 Å². The number of halogens is 3. The molecule has 0 spiro atoms. The first kappa shape index (κ1) is 26.3. The predicted molar refractivity (Wildman–Crippen MR) is 145 cm³/mol. The van der Waals surface area contributed by atoms with Gasteiger partial charge in [0.15, 0.2) is 11.5 Å². The third-order valence-electron chi connectivity index (χ3n) is 5.01. The van der Waals surface area contributed by atoms with E-state index in [1.165, 1.54) is 4.90 Å². The Balaban J connectivity index is 1.58. The molecule has 1 saturated heterocycles. The van der Waals surface area contributed by atoms with Gasteiger partial charge < -0.3 is 9.47 Å². The van der Waals surface area contributed by atoms with Crippen LogP contribution in [0.2, 0.25) is 10.0 Å². The molecule has 0 N–H and O–H groups in total. The Kier molecular flexibility index (Phi) is 8.41. The van der Waals surface area contributed by atoms with E-state index < -0.39 is 11.9 Å². The minimum absolute atomic E-state index is 0.121. The van der Waals surface area contributed by atoms with E-state index in [9.17, 15) is 14.4 Å². The molecule has 36 heavy (non-hydrogen) atoms. The molecule has 1 heterocycles. The minimum atomic E-state index is -0.580. The van der Waals surface area contributed by atoms with Crippen LogP contribution in [-0.4, -0.2) is 28.6 Å². The molecule has 184 valence electrons. The summed E-state index contributed by atoms with van der Waals surface area (Å²) in [5, 5.41) is 0.660. The Morgan fingerprint density at radius 1 is 1.06 bits per heavy atom. The van der Waals surface area contributed by atoms with E-state index in [1.807, 2.05) is 0 Å². The summed E-state index contributed by atoms with van der Waals surface area (Å²) < 4.78 is 11.7. The number of imide groups is 1. The molecule has 0 radical (unpaired) electrons. The van der Waals surface area contributed by atoms with Crippen LogP contribution in [0.25, 0.3) is 6.08 Å². The van der Waals surface area contributed by atoms with Crippen molar-refractivity contribution in [1.82, 2.24) is 4.90 Å². The minimum Gasteiger partial charge on any atom is -0.490 e. The standard InChI is InChI=1S/C26H18BrCl2NO5S/c1-2-34-21-12-16(11-20(27)23(21)35-25(32)17-6-8-18(28)9-7-17)13-22-24(31)30(26(33)36-22)14-15-4-3-5-19(29)10-15/h3-13H,2,14H2,1H3/b22-13-. The lowest BCUT2D eigenvalue weighted by Crippen LogP contribution is -2.27. The average molecular weight is 607 g/mol. The lowest BCUT2D eigenvalue weighted by molar-refractivity contribution is -0.123. The Morgan fingerprint density at radius 3 is 2.50 bits per heavy atom. The smallest absolute Gasteiger partial charge is 0.343 e. The van der Waals surface area contributed by atoms with Crippen molar-refractivity contribution in [1.29, 1.82) is 0 Å². The highest BCUT2D eigenvalue weighted by Crippen LogP contribution is 2.40. The van der Waals surface area contributed by atoms with Crippen LogP contribution in [0.5, 0.6) is 11.5 Å². The van der Waals surface area contributed by atoms with E-state index in [0.29, 0.717) is 38.0 Å². The summed E-state index contributed by atoms with van der Waals surface area (Å²) in [6.07, 6.45) is 1.60. The van der Waals surface area contributed by atoms with Crippen LogP contribution < -0.4 is 9.47 Å². The van der Waals surface area contributed by atoms with Gasteiger partial charge >= 0.3 is 5.97 Å². The molecule has 1 aliphatic rings. The number of carbonyl (C=O) groups is 3. The predicted octanol–water partition coefficient (Wildman–Crippen LogP) is 7.61. The van der Waals surface area contributed by atoms with Gasteiger partial charge in [-0.2, -0.15) is 0 Å². The van der Waals surface area contributed by atoms with E-state index >= 15 is 0 Å². The van der Waals surface area contributed by atoms with Gasteiger partial charge in [-0.05, 0) is 100 Å². The summed E-state index contributed by atoms with van der Waals surface area (Å²) in [7, 11) is 0. The number of ether oxygens (including phenoxy) is 2. The van der Waals surface area contributed by atoms with Gasteiger partial charge in [-0.1, -0.05) is 35.3 Å². The molecule has 0 aromatic heterocycles. The molecular weight excluding hydrogens is 589 g/mol. The second kappa shape index (κ2) is 11.5. The largest absolute Gasteiger partial charge is 0.490 e. The number of carbonyl (C=O) groups excluding carboxylic acids is 3. The van der Waals surface area contributed by atoms with Crippen molar-refractivity contribution in [3.8, 4) is 11.5 Å². The van der Waals surface area contributed by atoms with Gasteiger partial charge in [0.1, 0.15) is 0 Å². The second-order valence-corrected chi connectivity index (χ2v) is 10.3. The molecule has 2 amide bonds. The SMILES string of the molecule is CCOc1cc(/C=C2\SC(=O)N(Cc3cccc(Cl)c3)C2=O)cc(Br)c1OC(=O)c1ccc(Cl)cc1. The molecule has 0 bridgehead atoms. The molecule has 4 rings (SSSR count). The highest BCUT2D eigenvalue weighted by Gasteiger charge is 2.35. The van der Waals surface area contributed by atoms with Crippen LogP contribution in [0.1, 0.15) is 28.4 Å². The van der Waals surface area contributed by atoms with Gasteiger partial charge in [0.2, 0.25) is 0 Å². The molecule has 0 unspecified atom stereocenters. The van der Waals surface area contributed by atoms with Gasteiger partial charge in [-0.15, -0.1) is 0 Å². The van der Waals surface area contributed by atoms with Crippen LogP contribution in [0.3, 0.4) is 0 Å². The molecule has 3 aromatic carbocycles. The fourth-order valence-electron chi connectivity index (χ4n) is 3.38. The van der Waals surface area contributed by atoms with Crippen LogP contribution >= 0.6 is 50.9 Å². The van der Waals surface area contributed by atoms with E-state index in [1.54, 1.807) is 73.7 Å². The molecule has 10 heteroatoms. The quantitative estimate of drug-likeness (QED) is 0.157. The van der Waals surface area contributed by atoms with Gasteiger partial charge in [0.05, 0.1) is 28.1 Å². The lowest BCUT2D eigenvalue weighted by atomic mass is 10.1. The number of nitrogens with zero attached hydrogens (tertiary/aromatic N) is 1. The maximum absolute atomic E-state index is 13.0. The Morgan fingerprint density at radius 2 is 1.81 bits per heavy atom. The van der Waals surface area contributed by atoms with E-state index in [0.717, 1.165) is 17.3 Å². The molecule has 1 aliphatic heterocycles. The van der Waals surface area contributed by atoms with Gasteiger partial charge in [-0.3, -0.25) is 14.5 Å². The van der Waals surface area contributed by atoms with Crippen LogP contribution in [-0.2, 0) is 11.3 Å². The molecular formula is C26H18BrCl2NO5S. The molecule has 0 aliphatic carbocycles. The average Bonchev–Trinajstić information content (AvgIpc) is 3.09. The summed E-state index contributed by atoms with van der Waals surface area (Å²) in [5.41, 5.74) is 1.66. The Bertz CT molecular complexity index is 1380. The lowest BCUT2D eigenvalue weighted by Gasteiger charge is -2.14. The van der Waals surface area contributed by atoms with E-state index in [4.69, 9.17) is 32.7 Å². The molecule has 1 fully saturated rings. The molecule has 0 saturated carbocycles. The molecule has 6 nitrogen and oxygen atoms in total. The summed E-state index contributed by atoms with van der Waals surface area (Å²) in [6.45, 7) is 2.24. The zero-order valence-electron chi connectivity index (χ0n) is 18.8. The number of amides is 2. The van der Waals surface area contributed by atoms with E-state index in [2.05, 4.69) is 15.9 Å². The van der Waals surface area contributed by atoms with Crippen molar-refractivity contribution in [2.45, 2.75) is 13.5 Å². The monoisotopic (exact) mass is 605 g/mol. The number of thioether (sulfide) groups is 1. The van der Waals surface area contributed by atoms with Crippen LogP contribution in [0, 0.1) is 0 Å². The van der Waals surface area contributed by atoms with Crippen LogP contribution in [0.15, 0.2) is 70.0 Å². The first-order chi connectivity index (χ1) is 17.2. The van der Waals surface area contributed by atoms with Gasteiger partial charge in [-0.25, -0.2) is 4.79 Å².